The van der Waals surface area contributed by atoms with Crippen LogP contribution in [0.15, 0.2) is 23.5 Å². The number of anilines is 1. The minimum Gasteiger partial charge on any atom is -0.370 e. The molecule has 7 nitrogen and oxygen atoms in total. The summed E-state index contributed by atoms with van der Waals surface area (Å²) in [7, 11) is 0. The van der Waals surface area contributed by atoms with Crippen LogP contribution in [-0.2, 0) is 0 Å². The molecule has 1 aromatic rings. The van der Waals surface area contributed by atoms with E-state index in [1.807, 2.05) is 6.07 Å². The summed E-state index contributed by atoms with van der Waals surface area (Å²) in [6.07, 6.45) is 13.1. The van der Waals surface area contributed by atoms with Crippen LogP contribution >= 0.6 is 24.0 Å². The first-order chi connectivity index (χ1) is 13.3. The Morgan fingerprint density at radius 2 is 1.68 bits per heavy atom. The lowest BCUT2D eigenvalue weighted by Crippen LogP contribution is -2.52. The van der Waals surface area contributed by atoms with Crippen LogP contribution in [0, 0.1) is 0 Å². The van der Waals surface area contributed by atoms with Gasteiger partial charge in [-0.2, -0.15) is 0 Å². The van der Waals surface area contributed by atoms with E-state index in [0.717, 1.165) is 44.7 Å². The minimum atomic E-state index is 0. The Labute approximate surface area is 185 Å². The van der Waals surface area contributed by atoms with E-state index < -0.39 is 0 Å². The zero-order valence-electron chi connectivity index (χ0n) is 16.7. The molecule has 2 saturated heterocycles. The van der Waals surface area contributed by atoms with E-state index in [2.05, 4.69) is 24.7 Å². The molecule has 3 heterocycles. The lowest BCUT2D eigenvalue weighted by molar-refractivity contribution is 0.145. The Bertz CT molecular complexity index is 612. The second-order valence-corrected chi connectivity index (χ2v) is 8.05. The molecular formula is C20H34IN7. The van der Waals surface area contributed by atoms with Gasteiger partial charge in [-0.1, -0.05) is 19.3 Å². The Hall–Kier alpha value is -1.16. The van der Waals surface area contributed by atoms with Gasteiger partial charge in [0.15, 0.2) is 5.96 Å². The predicted octanol–water partition coefficient (Wildman–Crippen LogP) is 2.33. The smallest absolute Gasteiger partial charge is 0.225 e. The van der Waals surface area contributed by atoms with Crippen LogP contribution in [0.4, 0.5) is 5.95 Å². The summed E-state index contributed by atoms with van der Waals surface area (Å²) < 4.78 is 0. The van der Waals surface area contributed by atoms with Crippen molar-refractivity contribution < 1.29 is 0 Å². The van der Waals surface area contributed by atoms with Crippen LogP contribution in [-0.4, -0.2) is 77.1 Å². The molecule has 1 unspecified atom stereocenters. The lowest BCUT2D eigenvalue weighted by atomic mass is 9.94. The van der Waals surface area contributed by atoms with Gasteiger partial charge in [-0.25, -0.2) is 9.97 Å². The van der Waals surface area contributed by atoms with Crippen LogP contribution in [0.5, 0.6) is 0 Å². The van der Waals surface area contributed by atoms with Crippen molar-refractivity contribution >= 4 is 35.9 Å². The topological polar surface area (TPSA) is 73.9 Å². The first kappa shape index (κ1) is 21.5. The molecule has 156 valence electrons. The number of hydrogen-bond acceptors (Lipinski definition) is 5. The summed E-state index contributed by atoms with van der Waals surface area (Å²) in [5.41, 5.74) is 6.34. The van der Waals surface area contributed by atoms with Crippen molar-refractivity contribution in [2.45, 2.75) is 57.0 Å². The monoisotopic (exact) mass is 499 g/mol. The first-order valence-corrected chi connectivity index (χ1v) is 10.6. The molecule has 0 amide bonds. The van der Waals surface area contributed by atoms with Gasteiger partial charge in [0, 0.05) is 50.7 Å². The standard InChI is InChI=1S/C20H33N7.HI/c21-19(25-12-14-26(15-13-25)20-22-9-5-10-23-20)24-16-18-8-4-11-27(18)17-6-2-1-3-7-17;/h5,9-10,17-18H,1-4,6-8,11-16H2,(H2,21,24);1H. The molecule has 4 rings (SSSR count). The highest BCUT2D eigenvalue weighted by Gasteiger charge is 2.31. The molecule has 2 aliphatic heterocycles. The molecule has 3 fully saturated rings. The molecule has 3 aliphatic rings. The van der Waals surface area contributed by atoms with Gasteiger partial charge in [-0.3, -0.25) is 9.89 Å². The van der Waals surface area contributed by atoms with Gasteiger partial charge in [0.25, 0.3) is 0 Å². The van der Waals surface area contributed by atoms with E-state index in [1.54, 1.807) is 12.4 Å². The van der Waals surface area contributed by atoms with Crippen molar-refractivity contribution in [3.05, 3.63) is 18.5 Å². The summed E-state index contributed by atoms with van der Waals surface area (Å²) in [5.74, 6) is 1.51. The highest BCUT2D eigenvalue weighted by atomic mass is 127. The van der Waals surface area contributed by atoms with Gasteiger partial charge in [0.1, 0.15) is 0 Å². The lowest BCUT2D eigenvalue weighted by Gasteiger charge is -2.36. The molecule has 1 aliphatic carbocycles. The third-order valence-electron chi connectivity index (χ3n) is 6.37. The molecular weight excluding hydrogens is 465 g/mol. The van der Waals surface area contributed by atoms with Crippen molar-refractivity contribution in [2.75, 3.05) is 44.2 Å². The fourth-order valence-corrected chi connectivity index (χ4v) is 4.84. The van der Waals surface area contributed by atoms with Gasteiger partial charge >= 0.3 is 0 Å². The first-order valence-electron chi connectivity index (χ1n) is 10.6. The predicted molar refractivity (Wildman–Crippen MR) is 124 cm³/mol. The van der Waals surface area contributed by atoms with Crippen molar-refractivity contribution in [1.82, 2.24) is 19.8 Å². The van der Waals surface area contributed by atoms with Crippen molar-refractivity contribution in [2.24, 2.45) is 10.7 Å². The van der Waals surface area contributed by atoms with Crippen molar-refractivity contribution in [3.8, 4) is 0 Å². The number of aromatic nitrogens is 2. The summed E-state index contributed by atoms with van der Waals surface area (Å²) in [6, 6.07) is 3.23. The number of nitrogens with two attached hydrogens (primary N) is 1. The third-order valence-corrected chi connectivity index (χ3v) is 6.37. The molecule has 2 N–H and O–H groups in total. The summed E-state index contributed by atoms with van der Waals surface area (Å²) in [5, 5.41) is 0. The molecule has 8 heteroatoms. The van der Waals surface area contributed by atoms with Crippen molar-refractivity contribution in [3.63, 3.8) is 0 Å². The molecule has 28 heavy (non-hydrogen) atoms. The molecule has 0 radical (unpaired) electrons. The van der Waals surface area contributed by atoms with Gasteiger partial charge in [0.2, 0.25) is 5.95 Å². The van der Waals surface area contributed by atoms with Crippen LogP contribution in [0.25, 0.3) is 0 Å². The normalized spacial score (nSPS) is 25.0. The number of guanidine groups is 1. The second-order valence-electron chi connectivity index (χ2n) is 8.05. The molecule has 1 atom stereocenters. The number of rotatable bonds is 4. The SMILES string of the molecule is I.NC(=NCC1CCCN1C1CCCCC1)N1CCN(c2ncccn2)CC1. The summed E-state index contributed by atoms with van der Waals surface area (Å²) in [6.45, 7) is 5.63. The number of aliphatic imine (C=N–C) groups is 1. The average Bonchev–Trinajstić information content (AvgIpc) is 3.22. The zero-order chi connectivity index (χ0) is 18.5. The summed E-state index contributed by atoms with van der Waals surface area (Å²) >= 11 is 0. The van der Waals surface area contributed by atoms with Gasteiger partial charge < -0.3 is 15.5 Å². The van der Waals surface area contributed by atoms with Gasteiger partial charge in [-0.05, 0) is 38.3 Å². The maximum absolute atomic E-state index is 6.34. The van der Waals surface area contributed by atoms with E-state index in [-0.39, 0.29) is 24.0 Å². The van der Waals surface area contributed by atoms with Gasteiger partial charge in [0.05, 0.1) is 6.54 Å². The Morgan fingerprint density at radius 1 is 0.964 bits per heavy atom. The third kappa shape index (κ3) is 5.25. The quantitative estimate of drug-likeness (QED) is 0.390. The van der Waals surface area contributed by atoms with Crippen LogP contribution < -0.4 is 10.6 Å². The Morgan fingerprint density at radius 3 is 2.39 bits per heavy atom. The molecule has 1 saturated carbocycles. The number of halogens is 1. The van der Waals surface area contributed by atoms with Crippen molar-refractivity contribution in [1.29, 1.82) is 0 Å². The van der Waals surface area contributed by atoms with E-state index >= 15 is 0 Å². The van der Waals surface area contributed by atoms with E-state index in [4.69, 9.17) is 10.7 Å². The van der Waals surface area contributed by atoms with Gasteiger partial charge in [-0.15, -0.1) is 24.0 Å². The molecule has 0 bridgehead atoms. The average molecular weight is 499 g/mol. The highest BCUT2D eigenvalue weighted by molar-refractivity contribution is 14.0. The zero-order valence-corrected chi connectivity index (χ0v) is 19.1. The fraction of sp³-hybridized carbons (Fsp3) is 0.750. The highest BCUT2D eigenvalue weighted by Crippen LogP contribution is 2.29. The Kier molecular flexibility index (Phi) is 8.13. The number of hydrogen-bond donors (Lipinski definition) is 1. The number of likely N-dealkylation sites (tertiary alicyclic amines) is 1. The summed E-state index contributed by atoms with van der Waals surface area (Å²) in [4.78, 5) is 20.6. The van der Waals surface area contributed by atoms with E-state index in [0.29, 0.717) is 12.0 Å². The maximum atomic E-state index is 6.34. The minimum absolute atomic E-state index is 0. The molecule has 0 aromatic carbocycles. The second kappa shape index (κ2) is 10.6. The molecule has 0 spiro atoms. The van der Waals surface area contributed by atoms with E-state index in [9.17, 15) is 0 Å². The Balaban J connectivity index is 0.00000225. The maximum Gasteiger partial charge on any atom is 0.225 e. The molecule has 1 aromatic heterocycles. The van der Waals surface area contributed by atoms with Crippen LogP contribution in [0.1, 0.15) is 44.9 Å². The fourth-order valence-electron chi connectivity index (χ4n) is 4.84. The van der Waals surface area contributed by atoms with Crippen LogP contribution in [0.2, 0.25) is 0 Å². The van der Waals surface area contributed by atoms with Crippen LogP contribution in [0.3, 0.4) is 0 Å². The number of piperazine rings is 1. The largest absolute Gasteiger partial charge is 0.370 e. The van der Waals surface area contributed by atoms with E-state index in [1.165, 1.54) is 51.5 Å². The number of nitrogens with zero attached hydrogens (tertiary/aromatic N) is 6.